The van der Waals surface area contributed by atoms with E-state index in [1.165, 1.54) is 0 Å². The zero-order valence-electron chi connectivity index (χ0n) is 10.5. The minimum absolute atomic E-state index is 0. The highest BCUT2D eigenvalue weighted by atomic mass is 79.9. The molecule has 0 amide bonds. The largest absolute Gasteiger partial charge is 0.337 e. The first kappa shape index (κ1) is 14.7. The van der Waals surface area contributed by atoms with Gasteiger partial charge in [0.1, 0.15) is 18.7 Å². The van der Waals surface area contributed by atoms with Crippen LogP contribution in [0.3, 0.4) is 0 Å². The summed E-state index contributed by atoms with van der Waals surface area (Å²) in [5.41, 5.74) is 0.910. The molecule has 1 aromatic carbocycles. The van der Waals surface area contributed by atoms with Gasteiger partial charge in [-0.25, -0.2) is 9.67 Å². The SMILES string of the molecule is Cc1ncn(Cc2nc(-c3ccc(Br)cc3)no2)n1.Cl. The van der Waals surface area contributed by atoms with Gasteiger partial charge >= 0.3 is 0 Å². The van der Waals surface area contributed by atoms with Gasteiger partial charge in [-0.3, -0.25) is 0 Å². The summed E-state index contributed by atoms with van der Waals surface area (Å²) < 4.78 is 7.87. The Labute approximate surface area is 129 Å². The van der Waals surface area contributed by atoms with Crippen LogP contribution in [0.1, 0.15) is 11.7 Å². The molecule has 0 radical (unpaired) electrons. The number of halogens is 2. The second-order valence-electron chi connectivity index (χ2n) is 4.01. The average Bonchev–Trinajstić information content (AvgIpc) is 3.00. The van der Waals surface area contributed by atoms with Crippen LogP contribution in [0, 0.1) is 6.92 Å². The van der Waals surface area contributed by atoms with Gasteiger partial charge in [0.05, 0.1) is 0 Å². The molecule has 0 bridgehead atoms. The monoisotopic (exact) mass is 355 g/mol. The van der Waals surface area contributed by atoms with Crippen molar-refractivity contribution in [1.29, 1.82) is 0 Å². The molecule has 0 N–H and O–H groups in total. The lowest BCUT2D eigenvalue weighted by molar-refractivity contribution is 0.366. The Morgan fingerprint density at radius 3 is 2.65 bits per heavy atom. The molecule has 0 saturated carbocycles. The first-order chi connectivity index (χ1) is 9.20. The van der Waals surface area contributed by atoms with Gasteiger partial charge in [0.15, 0.2) is 0 Å². The Kier molecular flexibility index (Phi) is 4.51. The minimum Gasteiger partial charge on any atom is -0.337 e. The van der Waals surface area contributed by atoms with E-state index in [4.69, 9.17) is 4.52 Å². The van der Waals surface area contributed by atoms with Gasteiger partial charge in [-0.1, -0.05) is 21.1 Å². The van der Waals surface area contributed by atoms with Gasteiger partial charge in [-0.15, -0.1) is 12.4 Å². The zero-order chi connectivity index (χ0) is 13.2. The van der Waals surface area contributed by atoms with Crippen LogP contribution in [-0.4, -0.2) is 24.9 Å². The van der Waals surface area contributed by atoms with Crippen LogP contribution in [0.15, 0.2) is 39.6 Å². The van der Waals surface area contributed by atoms with Crippen LogP contribution >= 0.6 is 28.3 Å². The Morgan fingerprint density at radius 1 is 1.25 bits per heavy atom. The van der Waals surface area contributed by atoms with Crippen molar-refractivity contribution in [3.8, 4) is 11.4 Å². The fraction of sp³-hybridized carbons (Fsp3) is 0.167. The molecular formula is C12H11BrClN5O. The number of aryl methyl sites for hydroxylation is 1. The maximum atomic E-state index is 5.20. The molecule has 2 aromatic heterocycles. The highest BCUT2D eigenvalue weighted by Gasteiger charge is 2.09. The van der Waals surface area contributed by atoms with Gasteiger partial charge in [0, 0.05) is 10.0 Å². The summed E-state index contributed by atoms with van der Waals surface area (Å²) >= 11 is 3.39. The van der Waals surface area contributed by atoms with Crippen LogP contribution in [0.2, 0.25) is 0 Å². The van der Waals surface area contributed by atoms with E-state index >= 15 is 0 Å². The first-order valence-electron chi connectivity index (χ1n) is 5.65. The van der Waals surface area contributed by atoms with Gasteiger partial charge in [0.25, 0.3) is 0 Å². The number of hydrogen-bond acceptors (Lipinski definition) is 5. The molecule has 0 aliphatic carbocycles. The summed E-state index contributed by atoms with van der Waals surface area (Å²) in [7, 11) is 0. The van der Waals surface area contributed by atoms with E-state index in [1.807, 2.05) is 31.2 Å². The molecule has 0 spiro atoms. The second-order valence-corrected chi connectivity index (χ2v) is 4.92. The number of nitrogens with zero attached hydrogens (tertiary/aromatic N) is 5. The van der Waals surface area contributed by atoms with E-state index in [9.17, 15) is 0 Å². The lowest BCUT2D eigenvalue weighted by Crippen LogP contribution is -2.00. The van der Waals surface area contributed by atoms with Gasteiger partial charge in [-0.05, 0) is 31.2 Å². The van der Waals surface area contributed by atoms with Crippen LogP contribution in [0.4, 0.5) is 0 Å². The lowest BCUT2D eigenvalue weighted by atomic mass is 10.2. The highest BCUT2D eigenvalue weighted by molar-refractivity contribution is 9.10. The number of hydrogen-bond donors (Lipinski definition) is 0. The van der Waals surface area contributed by atoms with Crippen molar-refractivity contribution >= 4 is 28.3 Å². The summed E-state index contributed by atoms with van der Waals surface area (Å²) in [5, 5.41) is 8.13. The van der Waals surface area contributed by atoms with E-state index in [0.29, 0.717) is 24.1 Å². The number of benzene rings is 1. The standard InChI is InChI=1S/C12H10BrN5O.ClH/c1-8-14-7-18(16-8)6-11-15-12(17-19-11)9-2-4-10(13)5-3-9;/h2-5,7H,6H2,1H3;1H. The topological polar surface area (TPSA) is 69.6 Å². The van der Waals surface area contributed by atoms with Crippen molar-refractivity contribution in [3.05, 3.63) is 46.8 Å². The molecule has 6 nitrogen and oxygen atoms in total. The molecule has 0 aliphatic heterocycles. The van der Waals surface area contributed by atoms with Crippen LogP contribution in [0.25, 0.3) is 11.4 Å². The first-order valence-corrected chi connectivity index (χ1v) is 6.44. The van der Waals surface area contributed by atoms with Gasteiger partial charge < -0.3 is 4.52 Å². The van der Waals surface area contributed by atoms with Gasteiger partial charge in [0.2, 0.25) is 11.7 Å². The van der Waals surface area contributed by atoms with Crippen molar-refractivity contribution in [2.75, 3.05) is 0 Å². The van der Waals surface area contributed by atoms with E-state index in [1.54, 1.807) is 11.0 Å². The van der Waals surface area contributed by atoms with Gasteiger partial charge in [-0.2, -0.15) is 10.1 Å². The molecule has 3 rings (SSSR count). The van der Waals surface area contributed by atoms with Crippen LogP contribution in [-0.2, 0) is 6.54 Å². The molecular weight excluding hydrogens is 346 g/mol. The molecule has 0 unspecified atom stereocenters. The normalized spacial score (nSPS) is 10.3. The molecule has 0 saturated heterocycles. The van der Waals surface area contributed by atoms with Crippen molar-refractivity contribution in [2.24, 2.45) is 0 Å². The van der Waals surface area contributed by atoms with Crippen LogP contribution in [0.5, 0.6) is 0 Å². The highest BCUT2D eigenvalue weighted by Crippen LogP contribution is 2.19. The number of rotatable bonds is 3. The molecule has 3 aromatic rings. The summed E-state index contributed by atoms with van der Waals surface area (Å²) in [6, 6.07) is 7.73. The third-order valence-corrected chi connectivity index (χ3v) is 3.05. The third-order valence-electron chi connectivity index (χ3n) is 2.52. The fourth-order valence-electron chi connectivity index (χ4n) is 1.64. The van der Waals surface area contributed by atoms with Crippen molar-refractivity contribution in [3.63, 3.8) is 0 Å². The Bertz CT molecular complexity index is 694. The van der Waals surface area contributed by atoms with E-state index in [0.717, 1.165) is 10.0 Å². The summed E-state index contributed by atoms with van der Waals surface area (Å²) in [5.74, 6) is 1.79. The van der Waals surface area contributed by atoms with Crippen LogP contribution < -0.4 is 0 Å². The second kappa shape index (κ2) is 6.15. The summed E-state index contributed by atoms with van der Waals surface area (Å²) in [4.78, 5) is 8.38. The molecule has 20 heavy (non-hydrogen) atoms. The maximum Gasteiger partial charge on any atom is 0.248 e. The molecule has 8 heteroatoms. The molecule has 0 atom stereocenters. The predicted octanol–water partition coefficient (Wildman–Crippen LogP) is 2.87. The number of aromatic nitrogens is 5. The van der Waals surface area contributed by atoms with E-state index in [-0.39, 0.29) is 12.4 Å². The smallest absolute Gasteiger partial charge is 0.248 e. The molecule has 2 heterocycles. The Morgan fingerprint density at radius 2 is 2.00 bits per heavy atom. The van der Waals surface area contributed by atoms with E-state index < -0.39 is 0 Å². The van der Waals surface area contributed by atoms with E-state index in [2.05, 4.69) is 36.2 Å². The summed E-state index contributed by atoms with van der Waals surface area (Å²) in [6.45, 7) is 2.25. The van der Waals surface area contributed by atoms with Crippen molar-refractivity contribution in [2.45, 2.75) is 13.5 Å². The lowest BCUT2D eigenvalue weighted by Gasteiger charge is -1.94. The quantitative estimate of drug-likeness (QED) is 0.722. The van der Waals surface area contributed by atoms with Crippen molar-refractivity contribution < 1.29 is 4.52 Å². The zero-order valence-corrected chi connectivity index (χ0v) is 12.9. The molecule has 0 aliphatic rings. The Hall–Kier alpha value is -1.73. The van der Waals surface area contributed by atoms with Crippen molar-refractivity contribution in [1.82, 2.24) is 24.9 Å². The molecule has 0 fully saturated rings. The fourth-order valence-corrected chi connectivity index (χ4v) is 1.90. The minimum atomic E-state index is 0. The third kappa shape index (κ3) is 3.23. The summed E-state index contributed by atoms with van der Waals surface area (Å²) in [6.07, 6.45) is 1.64. The Balaban J connectivity index is 0.00000147. The maximum absolute atomic E-state index is 5.20. The average molecular weight is 357 g/mol. The molecule has 104 valence electrons. The predicted molar refractivity (Wildman–Crippen MR) is 78.5 cm³/mol.